The molecule has 2 aromatic carbocycles. The lowest BCUT2D eigenvalue weighted by Crippen LogP contribution is -2.21. The molecule has 0 saturated heterocycles. The summed E-state index contributed by atoms with van der Waals surface area (Å²) in [7, 11) is 0. The van der Waals surface area contributed by atoms with Crippen molar-refractivity contribution in [2.75, 3.05) is 18.5 Å². The number of hydrogen-bond donors (Lipinski definition) is 3. The number of pyridine rings is 1. The number of anilines is 1. The Morgan fingerprint density at radius 1 is 1.21 bits per heavy atom. The van der Waals surface area contributed by atoms with Gasteiger partial charge in [-0.25, -0.2) is 0 Å². The maximum atomic E-state index is 9.53. The van der Waals surface area contributed by atoms with Crippen molar-refractivity contribution in [3.63, 3.8) is 0 Å². The van der Waals surface area contributed by atoms with Crippen LogP contribution >= 0.6 is 0 Å². The van der Waals surface area contributed by atoms with Gasteiger partial charge in [-0.15, -0.1) is 0 Å². The van der Waals surface area contributed by atoms with Crippen molar-refractivity contribution in [2.45, 2.75) is 18.6 Å². The van der Waals surface area contributed by atoms with Crippen molar-refractivity contribution < 1.29 is 14.9 Å². The lowest BCUT2D eigenvalue weighted by Gasteiger charge is -2.27. The van der Waals surface area contributed by atoms with Gasteiger partial charge in [-0.2, -0.15) is 5.26 Å². The van der Waals surface area contributed by atoms with Gasteiger partial charge >= 0.3 is 0 Å². The highest BCUT2D eigenvalue weighted by molar-refractivity contribution is 5.72. The van der Waals surface area contributed by atoms with E-state index in [9.17, 15) is 15.5 Å². The number of aromatic nitrogens is 1. The number of nitrogens with zero attached hydrogens (tertiary/aromatic N) is 2. The highest BCUT2D eigenvalue weighted by Gasteiger charge is 2.23. The molecule has 0 radical (unpaired) electrons. The second-order valence-corrected chi connectivity index (χ2v) is 6.96. The lowest BCUT2D eigenvalue weighted by molar-refractivity contribution is -0.0419. The zero-order valence-corrected chi connectivity index (χ0v) is 15.7. The largest absolute Gasteiger partial charge is 0.493 e. The van der Waals surface area contributed by atoms with E-state index in [1.165, 1.54) is 6.20 Å². The number of ether oxygens (including phenoxy) is 1. The molecule has 1 aliphatic heterocycles. The van der Waals surface area contributed by atoms with Gasteiger partial charge in [0.05, 0.1) is 30.1 Å². The van der Waals surface area contributed by atoms with Crippen LogP contribution in [0.15, 0.2) is 60.9 Å². The van der Waals surface area contributed by atoms with Crippen molar-refractivity contribution in [3.8, 4) is 22.9 Å². The summed E-state index contributed by atoms with van der Waals surface area (Å²) in [4.78, 5) is 4.06. The predicted octanol–water partition coefficient (Wildman–Crippen LogP) is 3.58. The summed E-state index contributed by atoms with van der Waals surface area (Å²) in [6.45, 7) is 1.22. The lowest BCUT2D eigenvalue weighted by atomic mass is 9.90. The molecule has 0 fully saturated rings. The van der Waals surface area contributed by atoms with E-state index in [4.69, 9.17) is 4.74 Å². The first-order chi connectivity index (χ1) is 14.2. The van der Waals surface area contributed by atoms with Gasteiger partial charge < -0.3 is 20.3 Å². The van der Waals surface area contributed by atoms with E-state index in [0.717, 1.165) is 28.9 Å². The van der Waals surface area contributed by atoms with Crippen LogP contribution in [0.5, 0.6) is 5.75 Å². The Hall–Kier alpha value is -3.40. The normalized spacial score (nSPS) is 15.3. The molecule has 1 atom stereocenters. The molecule has 1 aliphatic rings. The number of nitriles is 1. The van der Waals surface area contributed by atoms with Gasteiger partial charge in [0, 0.05) is 24.2 Å². The highest BCUT2D eigenvalue weighted by Crippen LogP contribution is 2.37. The molecular weight excluding hydrogens is 366 g/mol. The van der Waals surface area contributed by atoms with Crippen molar-refractivity contribution >= 4 is 5.69 Å². The zero-order valence-electron chi connectivity index (χ0n) is 15.7. The van der Waals surface area contributed by atoms with Crippen LogP contribution in [0.4, 0.5) is 5.69 Å². The first-order valence-corrected chi connectivity index (χ1v) is 9.47. The second-order valence-electron chi connectivity index (χ2n) is 6.96. The molecule has 29 heavy (non-hydrogen) atoms. The molecule has 0 aliphatic carbocycles. The number of rotatable bonds is 5. The topological polar surface area (TPSA) is 98.4 Å². The molecule has 4 rings (SSSR count). The van der Waals surface area contributed by atoms with Gasteiger partial charge in [0.15, 0.2) is 6.29 Å². The molecule has 0 bridgehead atoms. The molecule has 3 aromatic rings. The average Bonchev–Trinajstić information content (AvgIpc) is 2.77. The quantitative estimate of drug-likeness (QED) is 0.579. The fourth-order valence-electron chi connectivity index (χ4n) is 3.69. The summed E-state index contributed by atoms with van der Waals surface area (Å²) >= 11 is 0. The molecule has 0 amide bonds. The minimum atomic E-state index is -1.55. The summed E-state index contributed by atoms with van der Waals surface area (Å²) in [5.74, 6) is 1.03. The standard InChI is InChI=1S/C23H21N3O3/c24-12-16-3-1-2-4-18(16)15-5-6-19-17(8-10-29-22(19)11-15)13-26-21-14-25-9-7-20(21)23(27)28/h1-7,9,11,14,17,23,26-28H,8,10,13H2/t17-/m1/s1. The third kappa shape index (κ3) is 3.92. The molecule has 1 aromatic heterocycles. The minimum Gasteiger partial charge on any atom is -0.493 e. The number of nitrogens with one attached hydrogen (secondary N) is 1. The van der Waals surface area contributed by atoms with Crippen LogP contribution in [0.3, 0.4) is 0 Å². The first-order valence-electron chi connectivity index (χ1n) is 9.47. The number of aliphatic hydroxyl groups excluding tert-OH is 1. The Morgan fingerprint density at radius 3 is 2.90 bits per heavy atom. The summed E-state index contributed by atoms with van der Waals surface area (Å²) in [5, 5.41) is 31.7. The monoisotopic (exact) mass is 387 g/mol. The smallest absolute Gasteiger partial charge is 0.180 e. The van der Waals surface area contributed by atoms with Gasteiger partial charge in [-0.3, -0.25) is 4.98 Å². The van der Waals surface area contributed by atoms with E-state index >= 15 is 0 Å². The van der Waals surface area contributed by atoms with E-state index in [1.807, 2.05) is 36.4 Å². The molecule has 146 valence electrons. The molecule has 0 saturated carbocycles. The van der Waals surface area contributed by atoms with Crippen molar-refractivity contribution in [3.05, 3.63) is 77.6 Å². The highest BCUT2D eigenvalue weighted by atomic mass is 16.5. The van der Waals surface area contributed by atoms with Crippen LogP contribution in [0.1, 0.15) is 35.3 Å². The number of benzene rings is 2. The fraction of sp³-hybridized carbons (Fsp3) is 0.217. The fourth-order valence-corrected chi connectivity index (χ4v) is 3.69. The Balaban J connectivity index is 1.57. The summed E-state index contributed by atoms with van der Waals surface area (Å²) in [6, 6.07) is 17.4. The van der Waals surface area contributed by atoms with Crippen LogP contribution in [0.2, 0.25) is 0 Å². The molecule has 0 unspecified atom stereocenters. The molecule has 0 spiro atoms. The van der Waals surface area contributed by atoms with Crippen LogP contribution in [0, 0.1) is 11.3 Å². The molecule has 6 nitrogen and oxygen atoms in total. The second kappa shape index (κ2) is 8.31. The van der Waals surface area contributed by atoms with E-state index in [1.54, 1.807) is 12.3 Å². The summed E-state index contributed by atoms with van der Waals surface area (Å²) < 4.78 is 5.90. The molecule has 3 N–H and O–H groups in total. The van der Waals surface area contributed by atoms with Gasteiger partial charge in [0.1, 0.15) is 5.75 Å². The van der Waals surface area contributed by atoms with Crippen LogP contribution < -0.4 is 10.1 Å². The summed E-state index contributed by atoms with van der Waals surface area (Å²) in [5.41, 5.74) is 4.57. The Labute approximate surface area is 169 Å². The maximum Gasteiger partial charge on any atom is 0.180 e. The van der Waals surface area contributed by atoms with Gasteiger partial charge in [-0.05, 0) is 41.3 Å². The van der Waals surface area contributed by atoms with Gasteiger partial charge in [0.2, 0.25) is 0 Å². The van der Waals surface area contributed by atoms with E-state index in [-0.39, 0.29) is 5.92 Å². The Kier molecular flexibility index (Phi) is 5.43. The van der Waals surface area contributed by atoms with Crippen LogP contribution in [0.25, 0.3) is 11.1 Å². The predicted molar refractivity (Wildman–Crippen MR) is 109 cm³/mol. The van der Waals surface area contributed by atoms with Crippen molar-refractivity contribution in [1.29, 1.82) is 5.26 Å². The molecule has 6 heteroatoms. The Morgan fingerprint density at radius 2 is 2.07 bits per heavy atom. The SMILES string of the molecule is N#Cc1ccccc1-c1ccc2c(c1)OCC[C@@H]2CNc1cnccc1C(O)O. The van der Waals surface area contributed by atoms with Gasteiger partial charge in [0.25, 0.3) is 0 Å². The summed E-state index contributed by atoms with van der Waals surface area (Å²) in [6.07, 6.45) is 2.43. The molecular formula is C23H21N3O3. The minimum absolute atomic E-state index is 0.211. The van der Waals surface area contributed by atoms with Crippen molar-refractivity contribution in [2.24, 2.45) is 0 Å². The molecule has 2 heterocycles. The first kappa shape index (κ1) is 18.9. The zero-order chi connectivity index (χ0) is 20.2. The van der Waals surface area contributed by atoms with E-state index in [2.05, 4.69) is 22.4 Å². The number of aliphatic hydroxyl groups is 2. The third-order valence-electron chi connectivity index (χ3n) is 5.21. The van der Waals surface area contributed by atoms with Crippen LogP contribution in [-0.4, -0.2) is 28.3 Å². The van der Waals surface area contributed by atoms with Crippen LogP contribution in [-0.2, 0) is 0 Å². The van der Waals surface area contributed by atoms with Crippen molar-refractivity contribution in [1.82, 2.24) is 4.98 Å². The third-order valence-corrected chi connectivity index (χ3v) is 5.21. The van der Waals surface area contributed by atoms with E-state index < -0.39 is 6.29 Å². The van der Waals surface area contributed by atoms with Gasteiger partial charge in [-0.1, -0.05) is 30.3 Å². The number of fused-ring (bicyclic) bond motifs is 1. The average molecular weight is 387 g/mol. The Bertz CT molecular complexity index is 1060. The number of hydrogen-bond acceptors (Lipinski definition) is 6. The van der Waals surface area contributed by atoms with E-state index in [0.29, 0.717) is 30.0 Å². The maximum absolute atomic E-state index is 9.53.